The van der Waals surface area contributed by atoms with Crippen LogP contribution in [0.25, 0.3) is 17.0 Å². The van der Waals surface area contributed by atoms with Crippen LogP contribution in [-0.4, -0.2) is 38.6 Å². The lowest BCUT2D eigenvalue weighted by atomic mass is 10.2. The van der Waals surface area contributed by atoms with E-state index >= 15 is 0 Å². The summed E-state index contributed by atoms with van der Waals surface area (Å²) in [6.45, 7) is 0. The van der Waals surface area contributed by atoms with Crippen molar-refractivity contribution in [3.05, 3.63) is 42.2 Å². The van der Waals surface area contributed by atoms with E-state index < -0.39 is 0 Å². The molecule has 1 aromatic carbocycles. The first-order valence-corrected chi connectivity index (χ1v) is 7.34. The standard InChI is InChI=1S/C14H11FN4O2S/c1-21-13(20)8-22-12-6-5-11-16-17-14(19(11)18-12)9-3-2-4-10(15)7-9/h2-7H,8H2,1H3. The Morgan fingerprint density at radius 2 is 2.18 bits per heavy atom. The molecule has 0 aliphatic heterocycles. The predicted octanol–water partition coefficient (Wildman–Crippen LogP) is 2.20. The molecule has 0 aliphatic rings. The van der Waals surface area contributed by atoms with E-state index in [4.69, 9.17) is 0 Å². The summed E-state index contributed by atoms with van der Waals surface area (Å²) in [6, 6.07) is 9.54. The Morgan fingerprint density at radius 1 is 1.32 bits per heavy atom. The Labute approximate surface area is 129 Å². The minimum Gasteiger partial charge on any atom is -0.468 e. The largest absolute Gasteiger partial charge is 0.468 e. The van der Waals surface area contributed by atoms with E-state index in [0.29, 0.717) is 22.1 Å². The van der Waals surface area contributed by atoms with E-state index in [-0.39, 0.29) is 17.5 Å². The Bertz CT molecular complexity index is 837. The van der Waals surface area contributed by atoms with Gasteiger partial charge in [-0.1, -0.05) is 23.9 Å². The maximum Gasteiger partial charge on any atom is 0.316 e. The summed E-state index contributed by atoms with van der Waals surface area (Å²) in [7, 11) is 1.33. The van der Waals surface area contributed by atoms with Gasteiger partial charge in [-0.3, -0.25) is 4.79 Å². The number of benzene rings is 1. The van der Waals surface area contributed by atoms with E-state index in [9.17, 15) is 9.18 Å². The van der Waals surface area contributed by atoms with Crippen molar-refractivity contribution in [1.82, 2.24) is 19.8 Å². The van der Waals surface area contributed by atoms with Crippen molar-refractivity contribution in [1.29, 1.82) is 0 Å². The molecule has 0 atom stereocenters. The predicted molar refractivity (Wildman–Crippen MR) is 78.9 cm³/mol. The molecule has 0 radical (unpaired) electrons. The summed E-state index contributed by atoms with van der Waals surface area (Å²) in [6.07, 6.45) is 0. The van der Waals surface area contributed by atoms with E-state index in [1.54, 1.807) is 24.3 Å². The van der Waals surface area contributed by atoms with E-state index in [1.165, 1.54) is 35.5 Å². The SMILES string of the molecule is COC(=O)CSc1ccc2nnc(-c3cccc(F)c3)n2n1. The fourth-order valence-corrected chi connectivity index (χ4v) is 2.54. The molecule has 0 aliphatic carbocycles. The van der Waals surface area contributed by atoms with Gasteiger partial charge in [0.1, 0.15) is 10.8 Å². The normalized spacial score (nSPS) is 10.8. The van der Waals surface area contributed by atoms with Gasteiger partial charge >= 0.3 is 5.97 Å². The number of nitrogens with zero attached hydrogens (tertiary/aromatic N) is 4. The van der Waals surface area contributed by atoms with Crippen molar-refractivity contribution in [2.24, 2.45) is 0 Å². The van der Waals surface area contributed by atoms with Crippen LogP contribution in [-0.2, 0) is 9.53 Å². The Morgan fingerprint density at radius 3 is 2.95 bits per heavy atom. The topological polar surface area (TPSA) is 69.4 Å². The third-order valence-electron chi connectivity index (χ3n) is 2.89. The van der Waals surface area contributed by atoms with E-state index in [2.05, 4.69) is 20.0 Å². The quantitative estimate of drug-likeness (QED) is 0.542. The Balaban J connectivity index is 1.96. The van der Waals surface area contributed by atoms with Crippen molar-refractivity contribution in [2.45, 2.75) is 5.03 Å². The lowest BCUT2D eigenvalue weighted by Crippen LogP contribution is -2.04. The number of thioether (sulfide) groups is 1. The van der Waals surface area contributed by atoms with Crippen molar-refractivity contribution < 1.29 is 13.9 Å². The van der Waals surface area contributed by atoms with Crippen LogP contribution in [0.15, 0.2) is 41.4 Å². The second-order valence-corrected chi connectivity index (χ2v) is 5.34. The monoisotopic (exact) mass is 318 g/mol. The van der Waals surface area contributed by atoms with Crippen LogP contribution in [0.2, 0.25) is 0 Å². The Hall–Kier alpha value is -2.48. The molecule has 0 fully saturated rings. The summed E-state index contributed by atoms with van der Waals surface area (Å²) in [5.74, 6) is -0.0895. The van der Waals surface area contributed by atoms with Crippen LogP contribution in [0.1, 0.15) is 0 Å². The molecule has 6 nitrogen and oxygen atoms in total. The summed E-state index contributed by atoms with van der Waals surface area (Å²) in [5.41, 5.74) is 1.12. The molecule has 112 valence electrons. The molecule has 0 unspecified atom stereocenters. The van der Waals surface area contributed by atoms with Gasteiger partial charge < -0.3 is 4.74 Å². The minimum absolute atomic E-state index is 0.159. The Kier molecular flexibility index (Phi) is 4.01. The minimum atomic E-state index is -0.356. The molecule has 2 heterocycles. The smallest absolute Gasteiger partial charge is 0.316 e. The highest BCUT2D eigenvalue weighted by atomic mass is 32.2. The number of hydrogen-bond acceptors (Lipinski definition) is 6. The zero-order valence-corrected chi connectivity index (χ0v) is 12.4. The maximum absolute atomic E-state index is 13.4. The van der Waals surface area contributed by atoms with Crippen LogP contribution in [0, 0.1) is 5.82 Å². The molecule has 2 aromatic heterocycles. The van der Waals surface area contributed by atoms with Gasteiger partial charge in [-0.25, -0.2) is 4.39 Å². The van der Waals surface area contributed by atoms with E-state index in [0.717, 1.165) is 0 Å². The number of aromatic nitrogens is 4. The second kappa shape index (κ2) is 6.10. The van der Waals surface area contributed by atoms with Crippen molar-refractivity contribution >= 4 is 23.4 Å². The average molecular weight is 318 g/mol. The van der Waals surface area contributed by atoms with Crippen LogP contribution >= 0.6 is 11.8 Å². The van der Waals surface area contributed by atoms with Crippen LogP contribution in [0.5, 0.6) is 0 Å². The maximum atomic E-state index is 13.4. The zero-order valence-electron chi connectivity index (χ0n) is 11.6. The van der Waals surface area contributed by atoms with Gasteiger partial charge in [-0.05, 0) is 24.3 Å². The molecule has 3 rings (SSSR count). The number of carbonyl (C=O) groups is 1. The van der Waals surface area contributed by atoms with Gasteiger partial charge in [0.15, 0.2) is 11.5 Å². The van der Waals surface area contributed by atoms with Gasteiger partial charge in [0.05, 0.1) is 12.9 Å². The average Bonchev–Trinajstić information content (AvgIpc) is 2.95. The van der Waals surface area contributed by atoms with Crippen LogP contribution in [0.4, 0.5) is 4.39 Å². The molecule has 3 aromatic rings. The van der Waals surface area contributed by atoms with Crippen molar-refractivity contribution in [2.75, 3.05) is 12.9 Å². The number of hydrogen-bond donors (Lipinski definition) is 0. The lowest BCUT2D eigenvalue weighted by Gasteiger charge is -2.02. The van der Waals surface area contributed by atoms with Gasteiger partial charge in [0, 0.05) is 5.56 Å². The molecule has 0 bridgehead atoms. The molecular formula is C14H11FN4O2S. The fourth-order valence-electron chi connectivity index (χ4n) is 1.85. The molecular weight excluding hydrogens is 307 g/mol. The second-order valence-electron chi connectivity index (χ2n) is 4.34. The molecule has 0 N–H and O–H groups in total. The van der Waals surface area contributed by atoms with Crippen LogP contribution in [0.3, 0.4) is 0 Å². The number of fused-ring (bicyclic) bond motifs is 1. The molecule has 0 saturated heterocycles. The van der Waals surface area contributed by atoms with Gasteiger partial charge in [0.25, 0.3) is 0 Å². The molecule has 0 spiro atoms. The van der Waals surface area contributed by atoms with Gasteiger partial charge in [0.2, 0.25) is 0 Å². The lowest BCUT2D eigenvalue weighted by molar-refractivity contribution is -0.137. The molecule has 0 amide bonds. The summed E-state index contributed by atoms with van der Waals surface area (Å²) in [4.78, 5) is 11.2. The first kappa shape index (κ1) is 14.5. The van der Waals surface area contributed by atoms with Crippen molar-refractivity contribution in [3.63, 3.8) is 0 Å². The highest BCUT2D eigenvalue weighted by Crippen LogP contribution is 2.21. The zero-order chi connectivity index (χ0) is 15.5. The number of esters is 1. The van der Waals surface area contributed by atoms with Gasteiger partial charge in [-0.15, -0.1) is 10.2 Å². The summed E-state index contributed by atoms with van der Waals surface area (Å²) >= 11 is 1.24. The first-order valence-electron chi connectivity index (χ1n) is 6.35. The molecule has 0 saturated carbocycles. The van der Waals surface area contributed by atoms with E-state index in [1.807, 2.05) is 0 Å². The number of halogens is 1. The third kappa shape index (κ3) is 2.91. The summed E-state index contributed by atoms with van der Waals surface area (Å²) < 4.78 is 19.5. The summed E-state index contributed by atoms with van der Waals surface area (Å²) in [5, 5.41) is 13.0. The number of ether oxygens (including phenoxy) is 1. The molecule has 22 heavy (non-hydrogen) atoms. The fraction of sp³-hybridized carbons (Fsp3) is 0.143. The third-order valence-corrected chi connectivity index (χ3v) is 3.78. The number of rotatable bonds is 4. The highest BCUT2D eigenvalue weighted by Gasteiger charge is 2.11. The van der Waals surface area contributed by atoms with Crippen LogP contribution < -0.4 is 0 Å². The first-order chi connectivity index (χ1) is 10.7. The number of methoxy groups -OCH3 is 1. The van der Waals surface area contributed by atoms with Gasteiger partial charge in [-0.2, -0.15) is 9.61 Å². The van der Waals surface area contributed by atoms with Crippen molar-refractivity contribution in [3.8, 4) is 11.4 Å². The molecule has 8 heteroatoms. The number of carbonyl (C=O) groups excluding carboxylic acids is 1. The highest BCUT2D eigenvalue weighted by molar-refractivity contribution is 7.99.